The van der Waals surface area contributed by atoms with Gasteiger partial charge in [-0.2, -0.15) is 17.5 Å². The molecule has 0 fully saturated rings. The van der Waals surface area contributed by atoms with Crippen molar-refractivity contribution >= 4 is 21.4 Å². The minimum absolute atomic E-state index is 0.0878. The summed E-state index contributed by atoms with van der Waals surface area (Å²) in [6.45, 7) is 1.30. The zero-order valence-corrected chi connectivity index (χ0v) is 12.9. The number of hydrogen-bond acceptors (Lipinski definition) is 4. The summed E-state index contributed by atoms with van der Waals surface area (Å²) in [4.78, 5) is 0.664. The smallest absolute Gasteiger partial charge is 0.326 e. The molecule has 1 aromatic rings. The summed E-state index contributed by atoms with van der Waals surface area (Å²) < 4.78 is 63.9. The molecule has 0 saturated carbocycles. The average molecular weight is 340 g/mol. The first kappa shape index (κ1) is 16.5. The van der Waals surface area contributed by atoms with Crippen molar-refractivity contribution in [1.29, 1.82) is 0 Å². The molecule has 2 N–H and O–H groups in total. The average Bonchev–Trinajstić information content (AvgIpc) is 2.79. The summed E-state index contributed by atoms with van der Waals surface area (Å²) in [6, 6.07) is 0. The minimum atomic E-state index is -4.39. The molecule has 0 unspecified atom stereocenters. The summed E-state index contributed by atoms with van der Waals surface area (Å²) in [6.07, 6.45) is -3.79. The Morgan fingerprint density at radius 1 is 1.43 bits per heavy atom. The molecule has 2 heterocycles. The molecule has 0 bridgehead atoms. The van der Waals surface area contributed by atoms with Gasteiger partial charge < -0.3 is 5.73 Å². The molecule has 0 aliphatic carbocycles. The van der Waals surface area contributed by atoms with Crippen LogP contribution in [0.15, 0.2) is 21.9 Å². The molecule has 0 atom stereocenters. The maximum atomic E-state index is 12.6. The minimum Gasteiger partial charge on any atom is -0.326 e. The molecule has 118 valence electrons. The van der Waals surface area contributed by atoms with Crippen molar-refractivity contribution in [3.8, 4) is 0 Å². The van der Waals surface area contributed by atoms with Crippen molar-refractivity contribution in [3.05, 3.63) is 27.5 Å². The summed E-state index contributed by atoms with van der Waals surface area (Å²) in [7, 11) is -3.81. The van der Waals surface area contributed by atoms with Crippen molar-refractivity contribution < 1.29 is 21.6 Å². The van der Waals surface area contributed by atoms with Crippen LogP contribution in [0.2, 0.25) is 0 Å². The Bertz CT molecular complexity index is 663. The second-order valence-electron chi connectivity index (χ2n) is 4.72. The highest BCUT2D eigenvalue weighted by atomic mass is 32.2. The number of thiophene rings is 1. The lowest BCUT2D eigenvalue weighted by atomic mass is 10.1. The number of sulfonamides is 1. The quantitative estimate of drug-likeness (QED) is 0.860. The molecular weight excluding hydrogens is 325 g/mol. The van der Waals surface area contributed by atoms with Gasteiger partial charge in [0.1, 0.15) is 4.90 Å². The molecule has 1 aliphatic heterocycles. The van der Waals surface area contributed by atoms with Gasteiger partial charge in [0.2, 0.25) is 10.0 Å². The normalized spacial score (nSPS) is 17.9. The second-order valence-corrected chi connectivity index (χ2v) is 7.55. The fourth-order valence-corrected chi connectivity index (χ4v) is 5.26. The van der Waals surface area contributed by atoms with Crippen LogP contribution in [0.4, 0.5) is 13.2 Å². The Hall–Kier alpha value is -0.900. The van der Waals surface area contributed by atoms with E-state index in [4.69, 9.17) is 5.73 Å². The number of rotatable bonds is 3. The van der Waals surface area contributed by atoms with E-state index in [2.05, 4.69) is 0 Å². The van der Waals surface area contributed by atoms with Crippen molar-refractivity contribution in [1.82, 2.24) is 4.31 Å². The fourth-order valence-electron chi connectivity index (χ4n) is 2.23. The molecule has 0 amide bonds. The lowest BCUT2D eigenvalue weighted by Crippen LogP contribution is -2.37. The SMILES string of the molecule is Cc1csc(CN)c1S(=O)(=O)N1CC=C(C(F)(F)F)CC1. The molecule has 1 aromatic heterocycles. The highest BCUT2D eigenvalue weighted by Crippen LogP contribution is 2.34. The molecule has 4 nitrogen and oxygen atoms in total. The molecular formula is C12H15F3N2O2S2. The van der Waals surface area contributed by atoms with Crippen molar-refractivity contribution in [3.63, 3.8) is 0 Å². The second kappa shape index (κ2) is 5.71. The predicted molar refractivity (Wildman–Crippen MR) is 74.5 cm³/mol. The summed E-state index contributed by atoms with van der Waals surface area (Å²) in [5.74, 6) is 0. The number of nitrogens with two attached hydrogens (primary N) is 1. The zero-order chi connectivity index (χ0) is 15.8. The summed E-state index contributed by atoms with van der Waals surface area (Å²) in [5, 5.41) is 1.69. The predicted octanol–water partition coefficient (Wildman–Crippen LogP) is 2.40. The van der Waals surface area contributed by atoms with Gasteiger partial charge in [0.05, 0.1) is 0 Å². The van der Waals surface area contributed by atoms with Gasteiger partial charge in [0, 0.05) is 30.1 Å². The largest absolute Gasteiger partial charge is 0.412 e. The molecule has 0 aromatic carbocycles. The molecule has 0 saturated heterocycles. The number of alkyl halides is 3. The van der Waals surface area contributed by atoms with Crippen LogP contribution < -0.4 is 5.73 Å². The van der Waals surface area contributed by atoms with Crippen molar-refractivity contribution in [2.24, 2.45) is 5.73 Å². The first-order valence-electron chi connectivity index (χ1n) is 6.21. The first-order valence-corrected chi connectivity index (χ1v) is 8.53. The van der Waals surface area contributed by atoms with Crippen molar-refractivity contribution in [2.45, 2.75) is 31.0 Å². The number of hydrogen-bond donors (Lipinski definition) is 1. The van der Waals surface area contributed by atoms with Gasteiger partial charge in [0.25, 0.3) is 0 Å². The molecule has 21 heavy (non-hydrogen) atoms. The van der Waals surface area contributed by atoms with Crippen LogP contribution in [0.5, 0.6) is 0 Å². The Balaban J connectivity index is 2.31. The van der Waals surface area contributed by atoms with Crippen LogP contribution in [0, 0.1) is 6.92 Å². The van der Waals surface area contributed by atoms with Crippen LogP contribution in [0.3, 0.4) is 0 Å². The molecule has 1 aliphatic rings. The molecule has 2 rings (SSSR count). The van der Waals surface area contributed by atoms with Crippen LogP contribution >= 0.6 is 11.3 Å². The third kappa shape index (κ3) is 3.15. The van der Waals surface area contributed by atoms with E-state index in [1.807, 2.05) is 0 Å². The topological polar surface area (TPSA) is 63.4 Å². The highest BCUT2D eigenvalue weighted by molar-refractivity contribution is 7.89. The van der Waals surface area contributed by atoms with Gasteiger partial charge in [-0.25, -0.2) is 8.42 Å². The van der Waals surface area contributed by atoms with Gasteiger partial charge in [0.15, 0.2) is 0 Å². The van der Waals surface area contributed by atoms with Gasteiger partial charge in [-0.15, -0.1) is 11.3 Å². The van der Waals surface area contributed by atoms with Crippen LogP contribution in [-0.2, 0) is 16.6 Å². The maximum absolute atomic E-state index is 12.6. The van der Waals surface area contributed by atoms with E-state index in [0.29, 0.717) is 10.4 Å². The Morgan fingerprint density at radius 3 is 2.57 bits per heavy atom. The molecule has 0 spiro atoms. The number of nitrogens with zero attached hydrogens (tertiary/aromatic N) is 1. The zero-order valence-electron chi connectivity index (χ0n) is 11.3. The van der Waals surface area contributed by atoms with E-state index in [9.17, 15) is 21.6 Å². The Labute approximate surface area is 125 Å². The van der Waals surface area contributed by atoms with E-state index < -0.39 is 21.8 Å². The standard InChI is InChI=1S/C12H15F3N2O2S2/c1-8-7-20-10(6-16)11(8)21(18,19)17-4-2-9(3-5-17)12(13,14)15/h2,7H,3-6,16H2,1H3. The Morgan fingerprint density at radius 2 is 2.10 bits per heavy atom. The van der Waals surface area contributed by atoms with Gasteiger partial charge in [-0.05, 0) is 24.3 Å². The van der Waals surface area contributed by atoms with Crippen LogP contribution in [0.25, 0.3) is 0 Å². The lowest BCUT2D eigenvalue weighted by molar-refractivity contribution is -0.0953. The van der Waals surface area contributed by atoms with E-state index in [1.165, 1.54) is 11.3 Å². The van der Waals surface area contributed by atoms with E-state index in [-0.39, 0.29) is 31.0 Å². The van der Waals surface area contributed by atoms with Crippen LogP contribution in [-0.4, -0.2) is 32.0 Å². The highest BCUT2D eigenvalue weighted by Gasteiger charge is 2.38. The van der Waals surface area contributed by atoms with Crippen molar-refractivity contribution in [2.75, 3.05) is 13.1 Å². The Kier molecular flexibility index (Phi) is 4.48. The molecule has 0 radical (unpaired) electrons. The third-order valence-electron chi connectivity index (χ3n) is 3.31. The van der Waals surface area contributed by atoms with Crippen LogP contribution in [0.1, 0.15) is 16.9 Å². The van der Waals surface area contributed by atoms with Gasteiger partial charge >= 0.3 is 6.18 Å². The number of halogens is 3. The molecule has 9 heteroatoms. The van der Waals surface area contributed by atoms with E-state index in [0.717, 1.165) is 10.4 Å². The maximum Gasteiger partial charge on any atom is 0.412 e. The van der Waals surface area contributed by atoms with Gasteiger partial charge in [-0.3, -0.25) is 0 Å². The summed E-state index contributed by atoms with van der Waals surface area (Å²) in [5.41, 5.74) is 5.44. The van der Waals surface area contributed by atoms with E-state index in [1.54, 1.807) is 12.3 Å². The monoisotopic (exact) mass is 340 g/mol. The van der Waals surface area contributed by atoms with E-state index >= 15 is 0 Å². The summed E-state index contributed by atoms with van der Waals surface area (Å²) >= 11 is 1.25. The fraction of sp³-hybridized carbons (Fsp3) is 0.500. The first-order chi connectivity index (χ1) is 9.67. The lowest BCUT2D eigenvalue weighted by Gasteiger charge is -2.27. The number of aryl methyl sites for hydroxylation is 1. The van der Waals surface area contributed by atoms with Gasteiger partial charge in [-0.1, -0.05) is 6.08 Å². The third-order valence-corrected chi connectivity index (χ3v) is 6.66.